The number of carboxylic acids is 1. The average Bonchev–Trinajstić information content (AvgIpc) is 2.07. The van der Waals surface area contributed by atoms with Gasteiger partial charge in [0.05, 0.1) is 5.56 Å². The Balaban J connectivity index is 3.47. The van der Waals surface area contributed by atoms with Crippen molar-refractivity contribution < 1.29 is 19.8 Å². The van der Waals surface area contributed by atoms with Gasteiger partial charge in [-0.3, -0.25) is 4.79 Å². The second-order valence-electron chi connectivity index (χ2n) is 2.71. The van der Waals surface area contributed by atoms with Gasteiger partial charge in [-0.05, 0) is 19.1 Å². The van der Waals surface area contributed by atoms with Gasteiger partial charge in [0.25, 0.3) is 0 Å². The molecule has 1 rings (SSSR count). The fourth-order valence-electron chi connectivity index (χ4n) is 1.03. The van der Waals surface area contributed by atoms with Gasteiger partial charge in [-0.2, -0.15) is 0 Å². The molecule has 0 saturated carbocycles. The predicted molar refractivity (Wildman–Crippen MR) is 52.8 cm³/mol. The van der Waals surface area contributed by atoms with E-state index in [-0.39, 0.29) is 16.9 Å². The first-order valence-electron chi connectivity index (χ1n) is 3.70. The first kappa shape index (κ1) is 10.7. The molecule has 0 spiro atoms. The molecule has 0 fully saturated rings. The fraction of sp³-hybridized carbons (Fsp3) is 0.111. The van der Waals surface area contributed by atoms with Crippen molar-refractivity contribution in [2.24, 2.45) is 0 Å². The van der Waals surface area contributed by atoms with Crippen LogP contribution in [0.4, 0.5) is 0 Å². The zero-order valence-corrected chi connectivity index (χ0v) is 8.83. The Morgan fingerprint density at radius 2 is 1.79 bits per heavy atom. The quantitative estimate of drug-likeness (QED) is 0.797. The highest BCUT2D eigenvalue weighted by Crippen LogP contribution is 2.27. The van der Waals surface area contributed by atoms with Crippen LogP contribution in [0.25, 0.3) is 0 Å². The molecule has 0 atom stereocenters. The Hall–Kier alpha value is -1.36. The first-order chi connectivity index (χ1) is 6.43. The van der Waals surface area contributed by atoms with Gasteiger partial charge in [0.1, 0.15) is 11.3 Å². The highest BCUT2D eigenvalue weighted by molar-refractivity contribution is 9.10. The molecule has 1 aromatic carbocycles. The lowest BCUT2D eigenvalue weighted by atomic mass is 10.1. The summed E-state index contributed by atoms with van der Waals surface area (Å²) in [5.74, 6) is -2.15. The van der Waals surface area contributed by atoms with Crippen LogP contribution in [-0.4, -0.2) is 22.0 Å². The van der Waals surface area contributed by atoms with Gasteiger partial charge < -0.3 is 10.2 Å². The summed E-state index contributed by atoms with van der Waals surface area (Å²) in [6, 6.07) is 2.62. The lowest BCUT2D eigenvalue weighted by Crippen LogP contribution is -2.02. The number of aromatic carboxylic acids is 1. The first-order valence-corrected chi connectivity index (χ1v) is 4.49. The van der Waals surface area contributed by atoms with Gasteiger partial charge in [0.2, 0.25) is 0 Å². The highest BCUT2D eigenvalue weighted by Gasteiger charge is 2.17. The third kappa shape index (κ3) is 1.93. The monoisotopic (exact) mass is 258 g/mol. The molecule has 2 N–H and O–H groups in total. The van der Waals surface area contributed by atoms with Crippen molar-refractivity contribution in [2.45, 2.75) is 6.92 Å². The number of Topliss-reactive ketones (excluding diaryl/α,β-unsaturated/α-hetero) is 1. The Kier molecular flexibility index (Phi) is 2.90. The van der Waals surface area contributed by atoms with Crippen LogP contribution in [0.3, 0.4) is 0 Å². The predicted octanol–water partition coefficient (Wildman–Crippen LogP) is 2.06. The summed E-state index contributed by atoms with van der Waals surface area (Å²) in [4.78, 5) is 21.7. The molecule has 0 unspecified atom stereocenters. The standard InChI is InChI=1S/C9H7BrO4/c1-4(11)6-2-5(10)3-7(8(6)12)9(13)14/h2-3,12H,1H3,(H,13,14). The molecule has 5 heteroatoms. The van der Waals surface area contributed by atoms with E-state index in [0.717, 1.165) is 0 Å². The van der Waals surface area contributed by atoms with Gasteiger partial charge in [-0.15, -0.1) is 0 Å². The lowest BCUT2D eigenvalue weighted by Gasteiger charge is -2.05. The second kappa shape index (κ2) is 3.79. The number of carbonyl (C=O) groups is 2. The van der Waals surface area contributed by atoms with Crippen LogP contribution < -0.4 is 0 Å². The third-order valence-corrected chi connectivity index (χ3v) is 2.14. The van der Waals surface area contributed by atoms with Gasteiger partial charge in [0.15, 0.2) is 5.78 Å². The number of benzene rings is 1. The Labute approximate surface area is 88.3 Å². The fourth-order valence-corrected chi connectivity index (χ4v) is 1.49. The van der Waals surface area contributed by atoms with Crippen LogP contribution in [-0.2, 0) is 0 Å². The van der Waals surface area contributed by atoms with Gasteiger partial charge in [-0.25, -0.2) is 4.79 Å². The van der Waals surface area contributed by atoms with E-state index >= 15 is 0 Å². The Morgan fingerprint density at radius 1 is 1.29 bits per heavy atom. The normalized spacial score (nSPS) is 9.86. The number of hydrogen-bond acceptors (Lipinski definition) is 3. The van der Waals surface area contributed by atoms with E-state index in [2.05, 4.69) is 15.9 Å². The number of rotatable bonds is 2. The summed E-state index contributed by atoms with van der Waals surface area (Å²) >= 11 is 3.06. The molecular formula is C9H7BrO4. The van der Waals surface area contributed by atoms with Crippen LogP contribution in [0.2, 0.25) is 0 Å². The van der Waals surface area contributed by atoms with E-state index in [9.17, 15) is 14.7 Å². The third-order valence-electron chi connectivity index (χ3n) is 1.68. The maximum Gasteiger partial charge on any atom is 0.339 e. The molecule has 0 aliphatic heterocycles. The number of phenols is 1. The molecule has 0 bridgehead atoms. The largest absolute Gasteiger partial charge is 0.506 e. The maximum absolute atomic E-state index is 11.0. The molecular weight excluding hydrogens is 252 g/mol. The van der Waals surface area contributed by atoms with Crippen molar-refractivity contribution in [1.29, 1.82) is 0 Å². The molecule has 1 aromatic rings. The molecule has 14 heavy (non-hydrogen) atoms. The maximum atomic E-state index is 11.0. The number of ketones is 1. The summed E-state index contributed by atoms with van der Waals surface area (Å²) in [5, 5.41) is 18.1. The number of aromatic hydroxyl groups is 1. The van der Waals surface area contributed by atoms with E-state index < -0.39 is 11.7 Å². The molecule has 0 heterocycles. The minimum Gasteiger partial charge on any atom is -0.506 e. The van der Waals surface area contributed by atoms with Crippen molar-refractivity contribution in [3.63, 3.8) is 0 Å². The molecule has 4 nitrogen and oxygen atoms in total. The summed E-state index contributed by atoms with van der Waals surface area (Å²) in [7, 11) is 0. The van der Waals surface area contributed by atoms with Crippen LogP contribution in [0.5, 0.6) is 5.75 Å². The summed E-state index contributed by atoms with van der Waals surface area (Å²) < 4.78 is 0.443. The molecule has 0 amide bonds. The van der Waals surface area contributed by atoms with Crippen molar-refractivity contribution in [2.75, 3.05) is 0 Å². The zero-order valence-electron chi connectivity index (χ0n) is 7.24. The van der Waals surface area contributed by atoms with E-state index in [1.54, 1.807) is 0 Å². The van der Waals surface area contributed by atoms with Gasteiger partial charge >= 0.3 is 5.97 Å². The SMILES string of the molecule is CC(=O)c1cc(Br)cc(C(=O)O)c1O. The Bertz CT molecular complexity index is 376. The van der Waals surface area contributed by atoms with Crippen molar-refractivity contribution in [1.82, 2.24) is 0 Å². The molecule has 0 aliphatic carbocycles. The van der Waals surface area contributed by atoms with Crippen molar-refractivity contribution >= 4 is 27.7 Å². The average molecular weight is 259 g/mol. The van der Waals surface area contributed by atoms with Crippen LogP contribution in [0.1, 0.15) is 27.6 Å². The second-order valence-corrected chi connectivity index (χ2v) is 3.63. The van der Waals surface area contributed by atoms with Gasteiger partial charge in [0, 0.05) is 4.47 Å². The minimum absolute atomic E-state index is 0.00299. The number of carboxylic acid groups (broad SMARTS) is 1. The lowest BCUT2D eigenvalue weighted by molar-refractivity contribution is 0.0693. The van der Waals surface area contributed by atoms with Crippen molar-refractivity contribution in [3.05, 3.63) is 27.7 Å². The molecule has 0 saturated heterocycles. The molecule has 0 radical (unpaired) electrons. The molecule has 0 aromatic heterocycles. The number of carbonyl (C=O) groups excluding carboxylic acids is 1. The van der Waals surface area contributed by atoms with E-state index in [0.29, 0.717) is 4.47 Å². The minimum atomic E-state index is -1.27. The summed E-state index contributed by atoms with van der Waals surface area (Å²) in [6.45, 7) is 1.26. The summed E-state index contributed by atoms with van der Waals surface area (Å²) in [5.41, 5.74) is -0.290. The zero-order chi connectivity index (χ0) is 10.9. The van der Waals surface area contributed by atoms with Crippen LogP contribution >= 0.6 is 15.9 Å². The van der Waals surface area contributed by atoms with Gasteiger partial charge in [-0.1, -0.05) is 15.9 Å². The highest BCUT2D eigenvalue weighted by atomic mass is 79.9. The van der Waals surface area contributed by atoms with Crippen molar-refractivity contribution in [3.8, 4) is 5.75 Å². The molecule has 0 aliphatic rings. The Morgan fingerprint density at radius 3 is 2.21 bits per heavy atom. The van der Waals surface area contributed by atoms with Crippen LogP contribution in [0, 0.1) is 0 Å². The van der Waals surface area contributed by atoms with E-state index in [1.807, 2.05) is 0 Å². The van der Waals surface area contributed by atoms with E-state index in [4.69, 9.17) is 5.11 Å². The smallest absolute Gasteiger partial charge is 0.339 e. The topological polar surface area (TPSA) is 74.6 Å². The summed E-state index contributed by atoms with van der Waals surface area (Å²) in [6.07, 6.45) is 0. The molecule has 74 valence electrons. The van der Waals surface area contributed by atoms with Crippen LogP contribution in [0.15, 0.2) is 16.6 Å². The number of halogens is 1. The number of hydrogen-bond donors (Lipinski definition) is 2. The van der Waals surface area contributed by atoms with E-state index in [1.165, 1.54) is 19.1 Å².